The molecule has 0 unspecified atom stereocenters. The number of rotatable bonds is 4. The van der Waals surface area contributed by atoms with Crippen LogP contribution in [0.1, 0.15) is 11.1 Å². The highest BCUT2D eigenvalue weighted by atomic mass is 15.8. The molecule has 0 saturated carbocycles. The highest BCUT2D eigenvalue weighted by molar-refractivity contribution is 5.16. The summed E-state index contributed by atoms with van der Waals surface area (Å²) in [4.78, 5) is 0. The fourth-order valence-electron chi connectivity index (χ4n) is 2.05. The molecule has 17 heavy (non-hydrogen) atoms. The van der Waals surface area contributed by atoms with Crippen molar-refractivity contribution < 1.29 is 0 Å². The van der Waals surface area contributed by atoms with E-state index >= 15 is 0 Å². The van der Waals surface area contributed by atoms with Crippen molar-refractivity contribution in [1.82, 2.24) is 10.0 Å². The SMILES string of the molecule is c1ccc(C[N@]2C[N@]2Cc2ccccc2)cc1. The lowest BCUT2D eigenvalue weighted by atomic mass is 10.2. The predicted molar refractivity (Wildman–Crippen MR) is 68.8 cm³/mol. The molecule has 1 aliphatic rings. The summed E-state index contributed by atoms with van der Waals surface area (Å²) in [6, 6.07) is 21.2. The van der Waals surface area contributed by atoms with E-state index in [4.69, 9.17) is 0 Å². The Bertz CT molecular complexity index is 421. The van der Waals surface area contributed by atoms with Gasteiger partial charge in [-0.2, -0.15) is 0 Å². The van der Waals surface area contributed by atoms with Crippen molar-refractivity contribution in [2.75, 3.05) is 6.67 Å². The van der Waals surface area contributed by atoms with Crippen molar-refractivity contribution in [1.29, 1.82) is 0 Å². The van der Waals surface area contributed by atoms with E-state index in [0.717, 1.165) is 19.8 Å². The first-order valence-corrected chi connectivity index (χ1v) is 5.99. The molecule has 1 aliphatic heterocycles. The largest absolute Gasteiger partial charge is 0.220 e. The van der Waals surface area contributed by atoms with E-state index in [0.29, 0.717) is 0 Å². The van der Waals surface area contributed by atoms with E-state index in [2.05, 4.69) is 70.7 Å². The average molecular weight is 224 g/mol. The van der Waals surface area contributed by atoms with Crippen LogP contribution in [-0.2, 0) is 13.1 Å². The summed E-state index contributed by atoms with van der Waals surface area (Å²) in [5.41, 5.74) is 2.76. The molecule has 2 heteroatoms. The molecule has 0 radical (unpaired) electrons. The van der Waals surface area contributed by atoms with Crippen molar-refractivity contribution in [2.24, 2.45) is 0 Å². The summed E-state index contributed by atoms with van der Waals surface area (Å²) in [6.45, 7) is 3.12. The minimum Gasteiger partial charge on any atom is -0.220 e. The summed E-state index contributed by atoms with van der Waals surface area (Å²) < 4.78 is 0. The second-order valence-corrected chi connectivity index (χ2v) is 4.44. The second kappa shape index (κ2) is 4.70. The van der Waals surface area contributed by atoms with Gasteiger partial charge in [-0.1, -0.05) is 60.7 Å². The molecule has 0 amide bonds. The van der Waals surface area contributed by atoms with Crippen LogP contribution in [0.3, 0.4) is 0 Å². The van der Waals surface area contributed by atoms with E-state index in [1.165, 1.54) is 11.1 Å². The molecule has 0 aliphatic carbocycles. The molecule has 1 fully saturated rings. The Balaban J connectivity index is 1.54. The van der Waals surface area contributed by atoms with Gasteiger partial charge in [-0.15, -0.1) is 0 Å². The average Bonchev–Trinajstić information content (AvgIpc) is 3.10. The summed E-state index contributed by atoms with van der Waals surface area (Å²) in [6.07, 6.45) is 0. The fraction of sp³-hybridized carbons (Fsp3) is 0.200. The number of hydrazine groups is 1. The molecule has 1 heterocycles. The van der Waals surface area contributed by atoms with Crippen LogP contribution in [-0.4, -0.2) is 16.7 Å². The lowest BCUT2D eigenvalue weighted by Crippen LogP contribution is -2.07. The van der Waals surface area contributed by atoms with E-state index in [-0.39, 0.29) is 0 Å². The molecule has 2 aromatic carbocycles. The van der Waals surface area contributed by atoms with Crippen molar-refractivity contribution >= 4 is 0 Å². The topological polar surface area (TPSA) is 6.02 Å². The molecule has 3 rings (SSSR count). The third kappa shape index (κ3) is 2.73. The molecular formula is C15H16N2. The summed E-state index contributed by atoms with van der Waals surface area (Å²) >= 11 is 0. The summed E-state index contributed by atoms with van der Waals surface area (Å²) in [5, 5.41) is 4.73. The van der Waals surface area contributed by atoms with Gasteiger partial charge in [0.05, 0.1) is 6.67 Å². The third-order valence-corrected chi connectivity index (χ3v) is 3.06. The normalized spacial score (nSPS) is 22.4. The Morgan fingerprint density at radius 2 is 1.06 bits per heavy atom. The predicted octanol–water partition coefficient (Wildman–Crippen LogP) is 2.88. The van der Waals surface area contributed by atoms with Crippen LogP contribution in [0.2, 0.25) is 0 Å². The fourth-order valence-corrected chi connectivity index (χ4v) is 2.05. The van der Waals surface area contributed by atoms with Crippen LogP contribution in [0.25, 0.3) is 0 Å². The van der Waals surface area contributed by atoms with Gasteiger partial charge >= 0.3 is 0 Å². The minimum absolute atomic E-state index is 1.02. The van der Waals surface area contributed by atoms with Crippen LogP contribution in [0, 0.1) is 0 Å². The first-order chi connectivity index (χ1) is 8.42. The van der Waals surface area contributed by atoms with E-state index in [1.807, 2.05) is 0 Å². The van der Waals surface area contributed by atoms with Crippen LogP contribution < -0.4 is 0 Å². The summed E-state index contributed by atoms with van der Waals surface area (Å²) in [7, 11) is 0. The van der Waals surface area contributed by atoms with Gasteiger partial charge < -0.3 is 0 Å². The zero-order valence-corrected chi connectivity index (χ0v) is 9.79. The molecule has 0 bridgehead atoms. The Labute approximate surface area is 102 Å². The number of benzene rings is 2. The monoisotopic (exact) mass is 224 g/mol. The van der Waals surface area contributed by atoms with Gasteiger partial charge in [0.2, 0.25) is 0 Å². The standard InChI is InChI=1S/C15H16N2/c1-3-7-14(8-4-1)11-16-13-17(16)12-15-9-5-2-6-10-15/h1-10H,11-13H2/t16-,17+. The van der Waals surface area contributed by atoms with E-state index in [9.17, 15) is 0 Å². The molecule has 2 atom stereocenters. The molecule has 0 aromatic heterocycles. The number of nitrogens with zero attached hydrogens (tertiary/aromatic N) is 2. The van der Waals surface area contributed by atoms with E-state index < -0.39 is 0 Å². The summed E-state index contributed by atoms with van der Waals surface area (Å²) in [5.74, 6) is 0. The number of hydrogen-bond acceptors (Lipinski definition) is 2. The van der Waals surface area contributed by atoms with Gasteiger partial charge in [-0.3, -0.25) is 0 Å². The zero-order valence-electron chi connectivity index (χ0n) is 9.79. The van der Waals surface area contributed by atoms with Crippen LogP contribution in [0.4, 0.5) is 0 Å². The maximum atomic E-state index is 2.36. The lowest BCUT2D eigenvalue weighted by molar-refractivity contribution is 0.293. The van der Waals surface area contributed by atoms with Crippen molar-refractivity contribution in [3.8, 4) is 0 Å². The Hall–Kier alpha value is -1.64. The molecule has 2 aromatic rings. The number of hydrogen-bond donors (Lipinski definition) is 0. The molecular weight excluding hydrogens is 208 g/mol. The first-order valence-electron chi connectivity index (χ1n) is 5.99. The lowest BCUT2D eigenvalue weighted by Gasteiger charge is -2.05. The molecule has 0 N–H and O–H groups in total. The van der Waals surface area contributed by atoms with Crippen LogP contribution in [0.5, 0.6) is 0 Å². The van der Waals surface area contributed by atoms with E-state index in [1.54, 1.807) is 0 Å². The van der Waals surface area contributed by atoms with Gasteiger partial charge in [0.1, 0.15) is 0 Å². The maximum absolute atomic E-state index is 2.36. The molecule has 2 nitrogen and oxygen atoms in total. The van der Waals surface area contributed by atoms with Crippen molar-refractivity contribution in [3.63, 3.8) is 0 Å². The Morgan fingerprint density at radius 3 is 1.47 bits per heavy atom. The highest BCUT2D eigenvalue weighted by Gasteiger charge is 2.30. The smallest absolute Gasteiger partial charge is 0.0795 e. The van der Waals surface area contributed by atoms with Crippen molar-refractivity contribution in [2.45, 2.75) is 13.1 Å². The first kappa shape index (κ1) is 10.5. The minimum atomic E-state index is 1.02. The van der Waals surface area contributed by atoms with Crippen LogP contribution >= 0.6 is 0 Å². The van der Waals surface area contributed by atoms with Gasteiger partial charge in [0, 0.05) is 13.1 Å². The zero-order chi connectivity index (χ0) is 11.5. The van der Waals surface area contributed by atoms with Gasteiger partial charge in [0.15, 0.2) is 0 Å². The Kier molecular flexibility index (Phi) is 2.90. The van der Waals surface area contributed by atoms with Gasteiger partial charge in [-0.25, -0.2) is 10.0 Å². The second-order valence-electron chi connectivity index (χ2n) is 4.44. The quantitative estimate of drug-likeness (QED) is 0.736. The van der Waals surface area contributed by atoms with Gasteiger partial charge in [-0.05, 0) is 11.1 Å². The molecule has 86 valence electrons. The van der Waals surface area contributed by atoms with Gasteiger partial charge in [0.25, 0.3) is 0 Å². The molecule has 1 saturated heterocycles. The Morgan fingerprint density at radius 1 is 0.647 bits per heavy atom. The molecule has 0 spiro atoms. The highest BCUT2D eigenvalue weighted by Crippen LogP contribution is 2.21. The third-order valence-electron chi connectivity index (χ3n) is 3.06. The van der Waals surface area contributed by atoms with Crippen molar-refractivity contribution in [3.05, 3.63) is 71.8 Å². The van der Waals surface area contributed by atoms with Crippen LogP contribution in [0.15, 0.2) is 60.7 Å². The maximum Gasteiger partial charge on any atom is 0.0795 e.